The molecule has 0 amide bonds. The van der Waals surface area contributed by atoms with Gasteiger partial charge in [0.1, 0.15) is 23.5 Å². The zero-order valence-corrected chi connectivity index (χ0v) is 21.3. The summed E-state index contributed by atoms with van der Waals surface area (Å²) in [6, 6.07) is 27.9. The van der Waals surface area contributed by atoms with Crippen LogP contribution in [0.2, 0.25) is 5.02 Å². The summed E-state index contributed by atoms with van der Waals surface area (Å²) in [5, 5.41) is 4.10. The van der Waals surface area contributed by atoms with Crippen LogP contribution < -0.4 is 19.9 Å². The van der Waals surface area contributed by atoms with Gasteiger partial charge < -0.3 is 19.9 Å². The van der Waals surface area contributed by atoms with Crippen molar-refractivity contribution < 1.29 is 4.74 Å². The van der Waals surface area contributed by atoms with Crippen molar-refractivity contribution in [2.75, 3.05) is 42.3 Å². The van der Waals surface area contributed by atoms with Crippen molar-refractivity contribution in [2.24, 2.45) is 0 Å². The summed E-state index contributed by atoms with van der Waals surface area (Å²) in [5.74, 6) is 3.06. The molecule has 3 aromatic carbocycles. The standard InChI is InChI=1S/C29H30ClN5O/c1-34(2)22-11-8-10-21(18-22)31-27-19-28(33-29(32-27)25-15-6-7-16-26(25)30)35-17-9-14-24(20-35)36-23-12-4-3-5-13-23/h3-8,10-13,15-16,18-19,24H,9,14,17,20H2,1-2H3,(H,31,32,33). The summed E-state index contributed by atoms with van der Waals surface area (Å²) >= 11 is 6.54. The molecule has 1 fully saturated rings. The van der Waals surface area contributed by atoms with Gasteiger partial charge in [-0.05, 0) is 55.3 Å². The van der Waals surface area contributed by atoms with Gasteiger partial charge in [-0.15, -0.1) is 0 Å². The number of piperidine rings is 1. The van der Waals surface area contributed by atoms with Gasteiger partial charge in [0.05, 0.1) is 11.6 Å². The Kier molecular flexibility index (Phi) is 7.23. The van der Waals surface area contributed by atoms with Crippen molar-refractivity contribution >= 4 is 34.6 Å². The van der Waals surface area contributed by atoms with E-state index in [1.165, 1.54) is 0 Å². The zero-order chi connectivity index (χ0) is 24.9. The fourth-order valence-corrected chi connectivity index (χ4v) is 4.59. The van der Waals surface area contributed by atoms with E-state index in [0.717, 1.165) is 60.3 Å². The van der Waals surface area contributed by atoms with Crippen molar-refractivity contribution in [3.63, 3.8) is 0 Å². The highest BCUT2D eigenvalue weighted by Gasteiger charge is 2.24. The predicted octanol–water partition coefficient (Wildman–Crippen LogP) is 6.65. The average Bonchev–Trinajstić information content (AvgIpc) is 2.90. The lowest BCUT2D eigenvalue weighted by Crippen LogP contribution is -2.41. The Hall–Kier alpha value is -3.77. The number of nitrogens with one attached hydrogen (secondary N) is 1. The van der Waals surface area contributed by atoms with Crippen LogP contribution in [-0.4, -0.2) is 43.3 Å². The first-order valence-corrected chi connectivity index (χ1v) is 12.6. The molecule has 0 bridgehead atoms. The normalized spacial score (nSPS) is 15.4. The van der Waals surface area contributed by atoms with Crippen LogP contribution in [-0.2, 0) is 0 Å². The van der Waals surface area contributed by atoms with Crippen LogP contribution in [0.15, 0.2) is 84.9 Å². The largest absolute Gasteiger partial charge is 0.489 e. The molecule has 2 heterocycles. The number of nitrogens with zero attached hydrogens (tertiary/aromatic N) is 4. The molecule has 0 spiro atoms. The maximum absolute atomic E-state index is 6.54. The van der Waals surface area contributed by atoms with Crippen LogP contribution >= 0.6 is 11.6 Å². The Balaban J connectivity index is 1.46. The number of halogens is 1. The first kappa shape index (κ1) is 23.9. The minimum Gasteiger partial charge on any atom is -0.489 e. The molecule has 1 N–H and O–H groups in total. The summed E-state index contributed by atoms with van der Waals surface area (Å²) in [6.07, 6.45) is 2.13. The maximum Gasteiger partial charge on any atom is 0.165 e. The quantitative estimate of drug-likeness (QED) is 0.307. The lowest BCUT2D eigenvalue weighted by molar-refractivity contribution is 0.179. The third kappa shape index (κ3) is 5.71. The number of anilines is 4. The van der Waals surface area contributed by atoms with Gasteiger partial charge in [-0.25, -0.2) is 9.97 Å². The van der Waals surface area contributed by atoms with Crippen LogP contribution in [0.5, 0.6) is 5.75 Å². The first-order valence-electron chi connectivity index (χ1n) is 12.2. The van der Waals surface area contributed by atoms with E-state index in [4.69, 9.17) is 26.3 Å². The number of rotatable bonds is 7. The van der Waals surface area contributed by atoms with E-state index in [2.05, 4.69) is 27.2 Å². The molecule has 36 heavy (non-hydrogen) atoms. The topological polar surface area (TPSA) is 53.5 Å². The smallest absolute Gasteiger partial charge is 0.165 e. The van der Waals surface area contributed by atoms with Crippen LogP contribution in [0.25, 0.3) is 11.4 Å². The first-order chi connectivity index (χ1) is 17.5. The summed E-state index contributed by atoms with van der Waals surface area (Å²) in [5.41, 5.74) is 2.87. The number of hydrogen-bond acceptors (Lipinski definition) is 6. The molecular weight excluding hydrogens is 470 g/mol. The lowest BCUT2D eigenvalue weighted by atomic mass is 10.1. The van der Waals surface area contributed by atoms with Gasteiger partial charge in [-0.2, -0.15) is 0 Å². The third-order valence-electron chi connectivity index (χ3n) is 6.21. The maximum atomic E-state index is 6.54. The highest BCUT2D eigenvalue weighted by molar-refractivity contribution is 6.33. The second-order valence-electron chi connectivity index (χ2n) is 9.13. The van der Waals surface area contributed by atoms with Crippen LogP contribution in [0.4, 0.5) is 23.0 Å². The number of benzene rings is 3. The van der Waals surface area contributed by atoms with E-state index in [0.29, 0.717) is 10.8 Å². The average molecular weight is 500 g/mol. The van der Waals surface area contributed by atoms with E-state index in [9.17, 15) is 0 Å². The van der Waals surface area contributed by atoms with E-state index in [-0.39, 0.29) is 6.10 Å². The SMILES string of the molecule is CN(C)c1cccc(Nc2cc(N3CCCC(Oc4ccccc4)C3)nc(-c3ccccc3Cl)n2)c1. The minimum absolute atomic E-state index is 0.0908. The Bertz CT molecular complexity index is 1310. The Labute approximate surface area is 217 Å². The van der Waals surface area contributed by atoms with Crippen LogP contribution in [0.3, 0.4) is 0 Å². The molecule has 1 atom stereocenters. The fourth-order valence-electron chi connectivity index (χ4n) is 4.37. The van der Waals surface area contributed by atoms with Gasteiger partial charge in [0.25, 0.3) is 0 Å². The highest BCUT2D eigenvalue weighted by atomic mass is 35.5. The number of para-hydroxylation sites is 1. The number of aromatic nitrogens is 2. The van der Waals surface area contributed by atoms with Gasteiger partial charge in [0.15, 0.2) is 5.82 Å². The fraction of sp³-hybridized carbons (Fsp3) is 0.241. The molecule has 0 aliphatic carbocycles. The molecule has 0 saturated carbocycles. The van der Waals surface area contributed by atoms with E-state index in [1.807, 2.05) is 86.9 Å². The number of ether oxygens (including phenoxy) is 1. The Morgan fingerprint density at radius 2 is 1.75 bits per heavy atom. The Morgan fingerprint density at radius 3 is 2.56 bits per heavy atom. The molecule has 0 radical (unpaired) electrons. The van der Waals surface area contributed by atoms with E-state index >= 15 is 0 Å². The molecule has 1 saturated heterocycles. The lowest BCUT2D eigenvalue weighted by Gasteiger charge is -2.34. The second-order valence-corrected chi connectivity index (χ2v) is 9.53. The van der Waals surface area contributed by atoms with Gasteiger partial charge in [-0.3, -0.25) is 0 Å². The third-order valence-corrected chi connectivity index (χ3v) is 6.54. The van der Waals surface area contributed by atoms with Crippen molar-refractivity contribution in [1.82, 2.24) is 9.97 Å². The molecular formula is C29H30ClN5O. The van der Waals surface area contributed by atoms with Crippen LogP contribution in [0.1, 0.15) is 12.8 Å². The van der Waals surface area contributed by atoms with Gasteiger partial charge in [-0.1, -0.05) is 48.0 Å². The van der Waals surface area contributed by atoms with Crippen molar-refractivity contribution in [2.45, 2.75) is 18.9 Å². The molecule has 6 nitrogen and oxygen atoms in total. The summed E-state index contributed by atoms with van der Waals surface area (Å²) in [4.78, 5) is 14.1. The van der Waals surface area contributed by atoms with Crippen molar-refractivity contribution in [3.05, 3.63) is 90.0 Å². The van der Waals surface area contributed by atoms with Gasteiger partial charge in [0, 0.05) is 43.6 Å². The van der Waals surface area contributed by atoms with Crippen molar-refractivity contribution in [3.8, 4) is 17.1 Å². The monoisotopic (exact) mass is 499 g/mol. The van der Waals surface area contributed by atoms with Crippen molar-refractivity contribution in [1.29, 1.82) is 0 Å². The van der Waals surface area contributed by atoms with E-state index in [1.54, 1.807) is 0 Å². The van der Waals surface area contributed by atoms with E-state index < -0.39 is 0 Å². The van der Waals surface area contributed by atoms with Gasteiger partial charge in [0.2, 0.25) is 0 Å². The number of hydrogen-bond donors (Lipinski definition) is 1. The second kappa shape index (κ2) is 10.9. The summed E-state index contributed by atoms with van der Waals surface area (Å²) in [7, 11) is 4.06. The Morgan fingerprint density at radius 1 is 0.944 bits per heavy atom. The van der Waals surface area contributed by atoms with Gasteiger partial charge >= 0.3 is 0 Å². The predicted molar refractivity (Wildman–Crippen MR) is 149 cm³/mol. The zero-order valence-electron chi connectivity index (χ0n) is 20.6. The molecule has 184 valence electrons. The molecule has 5 rings (SSSR count). The molecule has 1 aromatic heterocycles. The van der Waals surface area contributed by atoms with Crippen LogP contribution in [0, 0.1) is 0 Å². The summed E-state index contributed by atoms with van der Waals surface area (Å²) < 4.78 is 6.28. The molecule has 1 aliphatic rings. The minimum atomic E-state index is 0.0908. The molecule has 7 heteroatoms. The summed E-state index contributed by atoms with van der Waals surface area (Å²) in [6.45, 7) is 1.66. The molecule has 1 aliphatic heterocycles. The molecule has 4 aromatic rings. The highest BCUT2D eigenvalue weighted by Crippen LogP contribution is 2.31. The molecule has 1 unspecified atom stereocenters.